The summed E-state index contributed by atoms with van der Waals surface area (Å²) >= 11 is 0. The van der Waals surface area contributed by atoms with Crippen LogP contribution in [0.4, 0.5) is 5.69 Å². The van der Waals surface area contributed by atoms with E-state index in [0.717, 1.165) is 19.3 Å². The van der Waals surface area contributed by atoms with Gasteiger partial charge in [-0.15, -0.1) is 0 Å². The van der Waals surface area contributed by atoms with Crippen LogP contribution in [0.2, 0.25) is 0 Å². The summed E-state index contributed by atoms with van der Waals surface area (Å²) in [5.74, 6) is -1.89. The van der Waals surface area contributed by atoms with Crippen molar-refractivity contribution in [3.8, 4) is 0 Å². The Labute approximate surface area is 174 Å². The van der Waals surface area contributed by atoms with Crippen LogP contribution < -0.4 is 0 Å². The molecule has 1 saturated heterocycles. The molecule has 7 heteroatoms. The first-order valence-electron chi connectivity index (χ1n) is 10.0. The topological polar surface area (TPSA) is 101 Å². The maximum Gasteiger partial charge on any atom is 0.295 e. The first-order valence-corrected chi connectivity index (χ1v) is 10.0. The highest BCUT2D eigenvalue weighted by molar-refractivity contribution is 6.46. The molecule has 1 aliphatic rings. The lowest BCUT2D eigenvalue weighted by molar-refractivity contribution is -0.385. The summed E-state index contributed by atoms with van der Waals surface area (Å²) in [6.45, 7) is 2.35. The van der Waals surface area contributed by atoms with Crippen molar-refractivity contribution < 1.29 is 19.6 Å². The van der Waals surface area contributed by atoms with Gasteiger partial charge in [0.25, 0.3) is 17.4 Å². The molecule has 2 aromatic carbocycles. The molecule has 156 valence electrons. The molecule has 0 unspecified atom stereocenters. The number of unbranched alkanes of at least 4 members (excludes halogenated alkanes) is 3. The van der Waals surface area contributed by atoms with Crippen LogP contribution in [0.15, 0.2) is 60.2 Å². The molecule has 1 aliphatic heterocycles. The number of aliphatic hydroxyl groups is 1. The Kier molecular flexibility index (Phi) is 6.61. The van der Waals surface area contributed by atoms with Crippen LogP contribution in [0.3, 0.4) is 0 Å². The quantitative estimate of drug-likeness (QED) is 0.172. The van der Waals surface area contributed by atoms with Crippen LogP contribution in [-0.2, 0) is 9.59 Å². The fraction of sp³-hybridized carbons (Fsp3) is 0.304. The van der Waals surface area contributed by atoms with Crippen LogP contribution in [0.5, 0.6) is 0 Å². The molecule has 0 aromatic heterocycles. The lowest BCUT2D eigenvalue weighted by atomic mass is 9.94. The van der Waals surface area contributed by atoms with E-state index < -0.39 is 22.7 Å². The van der Waals surface area contributed by atoms with E-state index in [1.165, 1.54) is 23.1 Å². The number of aliphatic hydroxyl groups excluding tert-OH is 1. The summed E-state index contributed by atoms with van der Waals surface area (Å²) in [5.41, 5.74) is 0.289. The number of carbonyl (C=O) groups is 2. The molecule has 2 aromatic rings. The summed E-state index contributed by atoms with van der Waals surface area (Å²) < 4.78 is 0. The Balaban J connectivity index is 2.14. The van der Waals surface area contributed by atoms with E-state index in [9.17, 15) is 24.8 Å². The first kappa shape index (κ1) is 21.2. The molecule has 0 radical (unpaired) electrons. The lowest BCUT2D eigenvalue weighted by Crippen LogP contribution is -2.31. The van der Waals surface area contributed by atoms with Gasteiger partial charge in [-0.25, -0.2) is 0 Å². The molecule has 1 fully saturated rings. The van der Waals surface area contributed by atoms with Crippen molar-refractivity contribution >= 4 is 23.1 Å². The molecular weight excluding hydrogens is 384 g/mol. The van der Waals surface area contributed by atoms with Crippen LogP contribution >= 0.6 is 0 Å². The second kappa shape index (κ2) is 9.35. The van der Waals surface area contributed by atoms with Gasteiger partial charge in [0, 0.05) is 18.2 Å². The second-order valence-electron chi connectivity index (χ2n) is 7.24. The van der Waals surface area contributed by atoms with Gasteiger partial charge < -0.3 is 10.0 Å². The Morgan fingerprint density at radius 1 is 1.03 bits per heavy atom. The number of Topliss-reactive ketones (excluding diaryl/α,β-unsaturated/α-hetero) is 1. The smallest absolute Gasteiger partial charge is 0.295 e. The minimum absolute atomic E-state index is 0.115. The van der Waals surface area contributed by atoms with Crippen molar-refractivity contribution in [2.45, 2.75) is 38.6 Å². The molecule has 0 spiro atoms. The van der Waals surface area contributed by atoms with Gasteiger partial charge in [0.2, 0.25) is 0 Å². The number of hydrogen-bond donors (Lipinski definition) is 1. The maximum absolute atomic E-state index is 12.9. The number of hydrogen-bond acceptors (Lipinski definition) is 5. The Bertz CT molecular complexity index is 984. The van der Waals surface area contributed by atoms with Crippen molar-refractivity contribution in [1.29, 1.82) is 0 Å². The van der Waals surface area contributed by atoms with Gasteiger partial charge in [-0.05, 0) is 12.5 Å². The molecule has 0 aliphatic carbocycles. The van der Waals surface area contributed by atoms with E-state index in [2.05, 4.69) is 6.92 Å². The second-order valence-corrected chi connectivity index (χ2v) is 7.24. The molecule has 0 saturated carbocycles. The third-order valence-corrected chi connectivity index (χ3v) is 5.27. The molecule has 1 amide bonds. The summed E-state index contributed by atoms with van der Waals surface area (Å²) in [5, 5.41) is 22.5. The number of benzene rings is 2. The molecular formula is C23H24N2O5. The van der Waals surface area contributed by atoms with Gasteiger partial charge in [0.15, 0.2) is 0 Å². The Morgan fingerprint density at radius 3 is 2.37 bits per heavy atom. The highest BCUT2D eigenvalue weighted by atomic mass is 16.6. The number of nitro benzene ring substituents is 1. The average Bonchev–Trinajstić information content (AvgIpc) is 3.01. The number of nitrogens with zero attached hydrogens (tertiary/aromatic N) is 2. The molecule has 1 N–H and O–H groups in total. The van der Waals surface area contributed by atoms with Gasteiger partial charge in [0.05, 0.1) is 22.1 Å². The van der Waals surface area contributed by atoms with Gasteiger partial charge in [-0.1, -0.05) is 68.7 Å². The molecule has 3 rings (SSSR count). The van der Waals surface area contributed by atoms with Crippen molar-refractivity contribution in [1.82, 2.24) is 4.90 Å². The SMILES string of the molecule is CCCCCCN1C(=O)C(=O)C(=C(O)c2ccccc2)[C@@H]1c1ccccc1[N+](=O)[O-]. The zero-order valence-corrected chi connectivity index (χ0v) is 16.8. The standard InChI is InChI=1S/C23H24N2O5/c1-2-3-4-10-15-24-20(17-13-8-9-14-18(17)25(29)30)19(22(27)23(24)28)21(26)16-11-6-5-7-12-16/h5-9,11-14,20,26H,2-4,10,15H2,1H3/t20-/m0/s1. The number of ketones is 1. The number of nitro groups is 1. The summed E-state index contributed by atoms with van der Waals surface area (Å²) in [6.07, 6.45) is 3.55. The van der Waals surface area contributed by atoms with Crippen molar-refractivity contribution in [3.05, 3.63) is 81.4 Å². The fourth-order valence-corrected chi connectivity index (χ4v) is 3.78. The highest BCUT2D eigenvalue weighted by Gasteiger charge is 2.47. The van der Waals surface area contributed by atoms with Crippen LogP contribution in [-0.4, -0.2) is 33.2 Å². The molecule has 0 bridgehead atoms. The number of amides is 1. The van der Waals surface area contributed by atoms with E-state index in [1.54, 1.807) is 36.4 Å². The molecule has 30 heavy (non-hydrogen) atoms. The van der Waals surface area contributed by atoms with Gasteiger partial charge in [-0.2, -0.15) is 0 Å². The third kappa shape index (κ3) is 4.10. The first-order chi connectivity index (χ1) is 14.5. The normalized spacial score (nSPS) is 18.0. The predicted octanol–water partition coefficient (Wildman–Crippen LogP) is 4.60. The minimum Gasteiger partial charge on any atom is -0.507 e. The fourth-order valence-electron chi connectivity index (χ4n) is 3.78. The van der Waals surface area contributed by atoms with E-state index in [-0.39, 0.29) is 29.1 Å². The molecule has 7 nitrogen and oxygen atoms in total. The maximum atomic E-state index is 12.9. The number of likely N-dealkylation sites (tertiary alicyclic amines) is 1. The molecule has 1 atom stereocenters. The van der Waals surface area contributed by atoms with Gasteiger partial charge in [-0.3, -0.25) is 19.7 Å². The van der Waals surface area contributed by atoms with E-state index in [1.807, 2.05) is 0 Å². The number of rotatable bonds is 8. The number of para-hydroxylation sites is 1. The lowest BCUT2D eigenvalue weighted by Gasteiger charge is -2.25. The third-order valence-electron chi connectivity index (χ3n) is 5.27. The Hall–Kier alpha value is -3.48. The summed E-state index contributed by atoms with van der Waals surface area (Å²) in [7, 11) is 0. The summed E-state index contributed by atoms with van der Waals surface area (Å²) in [4.78, 5) is 38.2. The van der Waals surface area contributed by atoms with Crippen molar-refractivity contribution in [2.75, 3.05) is 6.54 Å². The highest BCUT2D eigenvalue weighted by Crippen LogP contribution is 2.42. The van der Waals surface area contributed by atoms with Gasteiger partial charge >= 0.3 is 0 Å². The van der Waals surface area contributed by atoms with Crippen LogP contribution in [0.1, 0.15) is 49.8 Å². The molecule has 1 heterocycles. The van der Waals surface area contributed by atoms with E-state index in [4.69, 9.17) is 0 Å². The van der Waals surface area contributed by atoms with E-state index in [0.29, 0.717) is 12.0 Å². The zero-order chi connectivity index (χ0) is 21.7. The largest absolute Gasteiger partial charge is 0.507 e. The van der Waals surface area contributed by atoms with Crippen molar-refractivity contribution in [3.63, 3.8) is 0 Å². The Morgan fingerprint density at radius 2 is 1.70 bits per heavy atom. The van der Waals surface area contributed by atoms with Crippen LogP contribution in [0, 0.1) is 10.1 Å². The van der Waals surface area contributed by atoms with Crippen LogP contribution in [0.25, 0.3) is 5.76 Å². The number of carbonyl (C=O) groups excluding carboxylic acids is 2. The minimum atomic E-state index is -1.01. The van der Waals surface area contributed by atoms with Gasteiger partial charge in [0.1, 0.15) is 5.76 Å². The predicted molar refractivity (Wildman–Crippen MR) is 113 cm³/mol. The summed E-state index contributed by atoms with van der Waals surface area (Å²) in [6, 6.07) is 13.5. The average molecular weight is 408 g/mol. The monoisotopic (exact) mass is 408 g/mol. The van der Waals surface area contributed by atoms with Crippen molar-refractivity contribution in [2.24, 2.45) is 0 Å². The van der Waals surface area contributed by atoms with E-state index >= 15 is 0 Å². The zero-order valence-electron chi connectivity index (χ0n) is 16.8.